The average Bonchev–Trinajstić information content (AvgIpc) is 2.82. The lowest BCUT2D eigenvalue weighted by molar-refractivity contribution is 0.462. The van der Waals surface area contributed by atoms with Crippen molar-refractivity contribution in [2.24, 2.45) is 0 Å². The molecular formula is C15H21BrClN3S. The average molecular weight is 391 g/mol. The highest BCUT2D eigenvalue weighted by atomic mass is 79.9. The first-order valence-electron chi connectivity index (χ1n) is 7.17. The van der Waals surface area contributed by atoms with E-state index in [4.69, 9.17) is 11.6 Å². The zero-order valence-corrected chi connectivity index (χ0v) is 16.0. The predicted octanol–water partition coefficient (Wildman–Crippen LogP) is 5.42. The maximum absolute atomic E-state index is 6.35. The number of fused-ring (bicyclic) bond motifs is 1. The van der Waals surface area contributed by atoms with E-state index in [-0.39, 0.29) is 10.1 Å². The molecule has 6 heteroatoms. The molecular weight excluding hydrogens is 370 g/mol. The zero-order valence-electron chi connectivity index (χ0n) is 12.9. The molecule has 0 aliphatic heterocycles. The molecule has 2 aromatic heterocycles. The van der Waals surface area contributed by atoms with Crippen LogP contribution in [0.5, 0.6) is 0 Å². The van der Waals surface area contributed by atoms with Gasteiger partial charge in [0.15, 0.2) is 5.65 Å². The topological polar surface area (TPSA) is 30.7 Å². The summed E-state index contributed by atoms with van der Waals surface area (Å²) in [5.74, 6) is 0.901. The zero-order chi connectivity index (χ0) is 15.6. The summed E-state index contributed by atoms with van der Waals surface area (Å²) in [5, 5.41) is -0.133. The minimum Gasteiger partial charge on any atom is -0.310 e. The van der Waals surface area contributed by atoms with Crippen LogP contribution in [0.2, 0.25) is 0 Å². The van der Waals surface area contributed by atoms with Gasteiger partial charge in [0, 0.05) is 22.0 Å². The first kappa shape index (κ1) is 17.1. The quantitative estimate of drug-likeness (QED) is 0.617. The van der Waals surface area contributed by atoms with Gasteiger partial charge in [0.2, 0.25) is 0 Å². The maximum atomic E-state index is 6.35. The van der Waals surface area contributed by atoms with Crippen LogP contribution in [0.15, 0.2) is 16.7 Å². The number of imidazole rings is 1. The van der Waals surface area contributed by atoms with Gasteiger partial charge in [0.1, 0.15) is 11.3 Å². The Bertz CT molecular complexity index is 614. The molecule has 2 heterocycles. The van der Waals surface area contributed by atoms with Gasteiger partial charge in [0.25, 0.3) is 0 Å². The Balaban J connectivity index is 2.57. The largest absolute Gasteiger partial charge is 0.310 e. The summed E-state index contributed by atoms with van der Waals surface area (Å²) in [6.07, 6.45) is 6.22. The van der Waals surface area contributed by atoms with E-state index in [9.17, 15) is 0 Å². The number of halogens is 2. The van der Waals surface area contributed by atoms with E-state index in [2.05, 4.69) is 50.6 Å². The monoisotopic (exact) mass is 389 g/mol. The summed E-state index contributed by atoms with van der Waals surface area (Å²) in [6.45, 7) is 7.34. The third-order valence-corrected chi connectivity index (χ3v) is 6.31. The lowest BCUT2D eigenvalue weighted by Crippen LogP contribution is -2.30. The van der Waals surface area contributed by atoms with Crippen LogP contribution in [-0.4, -0.2) is 25.5 Å². The van der Waals surface area contributed by atoms with E-state index >= 15 is 0 Å². The molecule has 0 amide bonds. The summed E-state index contributed by atoms with van der Waals surface area (Å²) < 4.78 is 3.34. The molecule has 0 saturated heterocycles. The van der Waals surface area contributed by atoms with Gasteiger partial charge in [0.05, 0.1) is 5.38 Å². The maximum Gasteiger partial charge on any atom is 0.160 e. The first-order chi connectivity index (χ1) is 9.96. The Hall–Kier alpha value is -0.260. The molecule has 1 atom stereocenters. The molecule has 0 N–H and O–H groups in total. The minimum atomic E-state index is -0.133. The van der Waals surface area contributed by atoms with Gasteiger partial charge >= 0.3 is 0 Å². The molecule has 2 rings (SSSR count). The molecule has 0 aromatic carbocycles. The van der Waals surface area contributed by atoms with Gasteiger partial charge in [-0.1, -0.05) is 13.8 Å². The Morgan fingerprint density at radius 1 is 1.43 bits per heavy atom. The van der Waals surface area contributed by atoms with Gasteiger partial charge in [-0.05, 0) is 48.0 Å². The molecule has 0 spiro atoms. The molecule has 0 radical (unpaired) electrons. The molecule has 2 aromatic rings. The summed E-state index contributed by atoms with van der Waals surface area (Å²) in [7, 11) is 0. The van der Waals surface area contributed by atoms with E-state index in [0.29, 0.717) is 0 Å². The van der Waals surface area contributed by atoms with Crippen LogP contribution >= 0.6 is 39.3 Å². The Kier molecular flexibility index (Phi) is 5.60. The second-order valence-electron chi connectivity index (χ2n) is 5.26. The second kappa shape index (κ2) is 6.88. The summed E-state index contributed by atoms with van der Waals surface area (Å²) >= 11 is 11.7. The number of rotatable bonds is 6. The van der Waals surface area contributed by atoms with E-state index in [1.807, 2.05) is 30.9 Å². The smallest absolute Gasteiger partial charge is 0.160 e. The van der Waals surface area contributed by atoms with Crippen LogP contribution in [0, 0.1) is 0 Å². The van der Waals surface area contributed by atoms with Crippen molar-refractivity contribution in [2.45, 2.75) is 50.3 Å². The van der Waals surface area contributed by atoms with Crippen molar-refractivity contribution in [3.63, 3.8) is 0 Å². The number of alkyl halides is 1. The highest BCUT2D eigenvalue weighted by Gasteiger charge is 2.28. The van der Waals surface area contributed by atoms with Crippen molar-refractivity contribution in [3.05, 3.63) is 22.6 Å². The molecule has 0 fully saturated rings. The Morgan fingerprint density at radius 3 is 2.62 bits per heavy atom. The number of aromatic nitrogens is 3. The number of nitrogens with zero attached hydrogens (tertiary/aromatic N) is 3. The first-order valence-corrected chi connectivity index (χ1v) is 9.62. The van der Waals surface area contributed by atoms with Crippen LogP contribution < -0.4 is 0 Å². The van der Waals surface area contributed by atoms with Gasteiger partial charge < -0.3 is 4.57 Å². The van der Waals surface area contributed by atoms with Crippen LogP contribution in [0.25, 0.3) is 11.2 Å². The van der Waals surface area contributed by atoms with Crippen molar-refractivity contribution in [2.75, 3.05) is 6.26 Å². The molecule has 0 aliphatic carbocycles. The fourth-order valence-corrected chi connectivity index (χ4v) is 3.90. The molecule has 1 unspecified atom stereocenters. The van der Waals surface area contributed by atoms with Crippen LogP contribution in [0.3, 0.4) is 0 Å². The minimum absolute atomic E-state index is 0.133. The summed E-state index contributed by atoms with van der Waals surface area (Å²) in [4.78, 5) is 9.25. The lowest BCUT2D eigenvalue weighted by atomic mass is 10.0. The van der Waals surface area contributed by atoms with Crippen LogP contribution in [-0.2, 0) is 6.54 Å². The molecule has 21 heavy (non-hydrogen) atoms. The van der Waals surface area contributed by atoms with Crippen molar-refractivity contribution >= 4 is 50.5 Å². The third kappa shape index (κ3) is 3.40. The number of thioether (sulfide) groups is 1. The van der Waals surface area contributed by atoms with E-state index < -0.39 is 0 Å². The van der Waals surface area contributed by atoms with E-state index in [1.54, 1.807) is 0 Å². The SMILES string of the molecule is CCC(CC)(Cn1c(C(C)Cl)nc2cc(Br)cnc21)SC. The van der Waals surface area contributed by atoms with Crippen LogP contribution in [0.1, 0.15) is 44.8 Å². The highest BCUT2D eigenvalue weighted by Crippen LogP contribution is 2.35. The van der Waals surface area contributed by atoms with E-state index in [1.165, 1.54) is 0 Å². The van der Waals surface area contributed by atoms with Gasteiger partial charge in [-0.3, -0.25) is 0 Å². The number of pyridine rings is 1. The molecule has 3 nitrogen and oxygen atoms in total. The molecule has 116 valence electrons. The third-order valence-electron chi connectivity index (χ3n) is 4.10. The van der Waals surface area contributed by atoms with Crippen LogP contribution in [0.4, 0.5) is 0 Å². The summed E-state index contributed by atoms with van der Waals surface area (Å²) in [5.41, 5.74) is 1.81. The second-order valence-corrected chi connectivity index (χ2v) is 8.11. The molecule has 0 bridgehead atoms. The normalized spacial score (nSPS) is 13.8. The van der Waals surface area contributed by atoms with Crippen molar-refractivity contribution in [3.8, 4) is 0 Å². The lowest BCUT2D eigenvalue weighted by Gasteiger charge is -2.31. The number of hydrogen-bond acceptors (Lipinski definition) is 3. The molecule has 0 saturated carbocycles. The predicted molar refractivity (Wildman–Crippen MR) is 96.3 cm³/mol. The highest BCUT2D eigenvalue weighted by molar-refractivity contribution is 9.10. The van der Waals surface area contributed by atoms with Gasteiger partial charge in [-0.25, -0.2) is 9.97 Å². The fraction of sp³-hybridized carbons (Fsp3) is 0.600. The Morgan fingerprint density at radius 2 is 2.10 bits per heavy atom. The summed E-state index contributed by atoms with van der Waals surface area (Å²) in [6, 6.07) is 2.00. The standard InChI is InChI=1S/C15H21BrClN3S/c1-5-15(6-2,21-4)9-20-13(10(3)17)19-12-7-11(16)8-18-14(12)20/h7-8,10H,5-6,9H2,1-4H3. The number of hydrogen-bond donors (Lipinski definition) is 0. The van der Waals surface area contributed by atoms with Crippen molar-refractivity contribution in [1.29, 1.82) is 0 Å². The molecule has 0 aliphatic rings. The van der Waals surface area contributed by atoms with E-state index in [0.717, 1.165) is 40.8 Å². The van der Waals surface area contributed by atoms with Crippen molar-refractivity contribution in [1.82, 2.24) is 14.5 Å². The van der Waals surface area contributed by atoms with Gasteiger partial charge in [-0.2, -0.15) is 11.8 Å². The van der Waals surface area contributed by atoms with Gasteiger partial charge in [-0.15, -0.1) is 11.6 Å². The Labute approximate surface area is 144 Å². The van der Waals surface area contributed by atoms with Crippen molar-refractivity contribution < 1.29 is 0 Å². The fourth-order valence-electron chi connectivity index (χ4n) is 2.58.